The number of carbonyl (C=O) groups is 2. The number of hydrogen-bond donors (Lipinski definition) is 1. The third-order valence-electron chi connectivity index (χ3n) is 2.26. The summed E-state index contributed by atoms with van der Waals surface area (Å²) in [5.41, 5.74) is 0. The van der Waals surface area contributed by atoms with Crippen LogP contribution in [0.5, 0.6) is 0 Å². The molecule has 0 radical (unpaired) electrons. The van der Waals surface area contributed by atoms with Crippen molar-refractivity contribution in [3.8, 4) is 0 Å². The number of amides is 2. The molecule has 1 aliphatic rings. The van der Waals surface area contributed by atoms with Crippen molar-refractivity contribution in [3.05, 3.63) is 11.1 Å². The van der Waals surface area contributed by atoms with Crippen LogP contribution in [0, 0.1) is 0 Å². The van der Waals surface area contributed by atoms with E-state index in [4.69, 9.17) is 0 Å². The Kier molecular flexibility index (Phi) is 4.01. The first kappa shape index (κ1) is 12.4. The van der Waals surface area contributed by atoms with Crippen LogP contribution in [-0.2, 0) is 11.3 Å². The van der Waals surface area contributed by atoms with Crippen LogP contribution in [0.25, 0.3) is 0 Å². The fraction of sp³-hybridized carbons (Fsp3) is 0.500. The summed E-state index contributed by atoms with van der Waals surface area (Å²) in [6, 6.07) is 0. The predicted octanol–water partition coefficient (Wildman–Crippen LogP) is 2.16. The van der Waals surface area contributed by atoms with E-state index in [9.17, 15) is 9.59 Å². The van der Waals surface area contributed by atoms with Crippen molar-refractivity contribution in [3.63, 3.8) is 0 Å². The number of thiazole rings is 1. The maximum atomic E-state index is 11.6. The van der Waals surface area contributed by atoms with E-state index in [1.165, 1.54) is 28.0 Å². The fourth-order valence-corrected chi connectivity index (χ4v) is 3.11. The molecule has 0 atom stereocenters. The van der Waals surface area contributed by atoms with E-state index in [-0.39, 0.29) is 11.1 Å². The Morgan fingerprint density at radius 1 is 1.53 bits per heavy atom. The zero-order valence-electron chi connectivity index (χ0n) is 9.43. The molecule has 0 bridgehead atoms. The van der Waals surface area contributed by atoms with Gasteiger partial charge in [-0.05, 0) is 6.92 Å². The van der Waals surface area contributed by atoms with E-state index in [1.54, 1.807) is 6.20 Å². The van der Waals surface area contributed by atoms with Crippen molar-refractivity contribution in [2.45, 2.75) is 19.9 Å². The number of nitrogens with one attached hydrogen (secondary N) is 1. The molecule has 7 heteroatoms. The Morgan fingerprint density at radius 2 is 2.35 bits per heavy atom. The lowest BCUT2D eigenvalue weighted by molar-refractivity contribution is -0.128. The van der Waals surface area contributed by atoms with Crippen LogP contribution in [0.1, 0.15) is 18.2 Å². The molecule has 0 aliphatic carbocycles. The highest BCUT2D eigenvalue weighted by molar-refractivity contribution is 8.13. The number of nitrogens with zero attached hydrogens (tertiary/aromatic N) is 2. The molecule has 0 spiro atoms. The number of thioether (sulfide) groups is 1. The summed E-state index contributed by atoms with van der Waals surface area (Å²) in [4.78, 5) is 29.6. The maximum absolute atomic E-state index is 11.6. The normalized spacial score (nSPS) is 16.4. The Bertz CT molecular complexity index is 417. The highest BCUT2D eigenvalue weighted by atomic mass is 32.2. The quantitative estimate of drug-likeness (QED) is 0.909. The third-order valence-corrected chi connectivity index (χ3v) is 4.07. The van der Waals surface area contributed by atoms with Crippen molar-refractivity contribution in [1.29, 1.82) is 0 Å². The second kappa shape index (κ2) is 5.50. The molecule has 1 aromatic rings. The van der Waals surface area contributed by atoms with Crippen molar-refractivity contribution < 1.29 is 9.59 Å². The number of rotatable bonds is 4. The van der Waals surface area contributed by atoms with Gasteiger partial charge < -0.3 is 5.32 Å². The minimum Gasteiger partial charge on any atom is -0.362 e. The SMILES string of the molecule is CCNc1ncc(CN2C(=O)CCSC2=O)s1. The summed E-state index contributed by atoms with van der Waals surface area (Å²) < 4.78 is 0. The first-order valence-corrected chi connectivity index (χ1v) is 7.16. The van der Waals surface area contributed by atoms with Gasteiger partial charge in [0, 0.05) is 29.8 Å². The predicted molar refractivity (Wildman–Crippen MR) is 69.3 cm³/mol. The van der Waals surface area contributed by atoms with E-state index >= 15 is 0 Å². The van der Waals surface area contributed by atoms with Crippen LogP contribution in [0.15, 0.2) is 6.20 Å². The molecule has 1 aromatic heterocycles. The standard InChI is InChI=1S/C10H13N3O2S2/c1-2-11-9-12-5-7(17-9)6-13-8(14)3-4-16-10(13)15/h5H,2-4,6H2,1H3,(H,11,12). The van der Waals surface area contributed by atoms with Gasteiger partial charge in [0.05, 0.1) is 6.54 Å². The molecule has 0 aromatic carbocycles. The zero-order chi connectivity index (χ0) is 12.3. The molecule has 1 saturated heterocycles. The molecule has 2 amide bonds. The largest absolute Gasteiger partial charge is 0.362 e. The third kappa shape index (κ3) is 2.98. The van der Waals surface area contributed by atoms with Crippen molar-refractivity contribution in [1.82, 2.24) is 9.88 Å². The van der Waals surface area contributed by atoms with Gasteiger partial charge in [-0.15, -0.1) is 11.3 Å². The Labute approximate surface area is 108 Å². The minimum atomic E-state index is -0.153. The molecule has 92 valence electrons. The maximum Gasteiger partial charge on any atom is 0.288 e. The van der Waals surface area contributed by atoms with Crippen LogP contribution in [0.2, 0.25) is 0 Å². The molecule has 0 unspecified atom stereocenters. The first-order chi connectivity index (χ1) is 8.20. The highest BCUT2D eigenvalue weighted by Crippen LogP contribution is 2.24. The summed E-state index contributed by atoms with van der Waals surface area (Å²) in [6.45, 7) is 3.15. The van der Waals surface area contributed by atoms with Gasteiger partial charge >= 0.3 is 0 Å². The van der Waals surface area contributed by atoms with Gasteiger partial charge in [-0.3, -0.25) is 14.5 Å². The van der Waals surface area contributed by atoms with E-state index in [1.807, 2.05) is 6.92 Å². The molecule has 5 nitrogen and oxygen atoms in total. The van der Waals surface area contributed by atoms with Gasteiger partial charge in [0.15, 0.2) is 5.13 Å². The summed E-state index contributed by atoms with van der Waals surface area (Å²) in [5.74, 6) is 0.506. The summed E-state index contributed by atoms with van der Waals surface area (Å²) in [5, 5.41) is 3.77. The molecule has 1 fully saturated rings. The van der Waals surface area contributed by atoms with Gasteiger partial charge in [0.25, 0.3) is 5.24 Å². The lowest BCUT2D eigenvalue weighted by Gasteiger charge is -2.23. The van der Waals surface area contributed by atoms with Crippen LogP contribution < -0.4 is 5.32 Å². The first-order valence-electron chi connectivity index (χ1n) is 5.36. The summed E-state index contributed by atoms with van der Waals surface area (Å²) >= 11 is 2.68. The number of imide groups is 1. The van der Waals surface area contributed by atoms with E-state index in [2.05, 4.69) is 10.3 Å². The van der Waals surface area contributed by atoms with Crippen LogP contribution in [-0.4, -0.2) is 33.3 Å². The lowest BCUT2D eigenvalue weighted by Crippen LogP contribution is -2.37. The monoisotopic (exact) mass is 271 g/mol. The average molecular weight is 271 g/mol. The Morgan fingerprint density at radius 3 is 3.06 bits per heavy atom. The second-order valence-corrected chi connectivity index (χ2v) is 5.67. The highest BCUT2D eigenvalue weighted by Gasteiger charge is 2.27. The molecular weight excluding hydrogens is 258 g/mol. The van der Waals surface area contributed by atoms with Crippen molar-refractivity contribution in [2.75, 3.05) is 17.6 Å². The Hall–Kier alpha value is -1.08. The van der Waals surface area contributed by atoms with Crippen LogP contribution in [0.3, 0.4) is 0 Å². The van der Waals surface area contributed by atoms with Gasteiger partial charge in [-0.2, -0.15) is 0 Å². The van der Waals surface area contributed by atoms with E-state index < -0.39 is 0 Å². The fourth-order valence-electron chi connectivity index (χ4n) is 1.46. The molecular formula is C10H13N3O2S2. The van der Waals surface area contributed by atoms with Gasteiger partial charge in [0.2, 0.25) is 5.91 Å². The van der Waals surface area contributed by atoms with Gasteiger partial charge in [-0.25, -0.2) is 4.98 Å². The number of aromatic nitrogens is 1. The smallest absolute Gasteiger partial charge is 0.288 e. The van der Waals surface area contributed by atoms with E-state index in [0.29, 0.717) is 18.7 Å². The molecule has 2 heterocycles. The molecule has 2 rings (SSSR count). The summed E-state index contributed by atoms with van der Waals surface area (Å²) in [6.07, 6.45) is 2.15. The Balaban J connectivity index is 2.03. The molecule has 1 N–H and O–H groups in total. The van der Waals surface area contributed by atoms with E-state index in [0.717, 1.165) is 16.6 Å². The topological polar surface area (TPSA) is 62.3 Å². The summed E-state index contributed by atoms with van der Waals surface area (Å²) in [7, 11) is 0. The van der Waals surface area contributed by atoms with Crippen molar-refractivity contribution in [2.24, 2.45) is 0 Å². The van der Waals surface area contributed by atoms with Crippen LogP contribution in [0.4, 0.5) is 9.93 Å². The van der Waals surface area contributed by atoms with Crippen molar-refractivity contribution >= 4 is 39.4 Å². The lowest BCUT2D eigenvalue weighted by atomic mass is 10.4. The minimum absolute atomic E-state index is 0.0906. The average Bonchev–Trinajstić information content (AvgIpc) is 2.72. The molecule has 1 aliphatic heterocycles. The number of anilines is 1. The number of hydrogen-bond acceptors (Lipinski definition) is 6. The van der Waals surface area contributed by atoms with Gasteiger partial charge in [-0.1, -0.05) is 11.8 Å². The molecule has 17 heavy (non-hydrogen) atoms. The van der Waals surface area contributed by atoms with Crippen LogP contribution >= 0.6 is 23.1 Å². The number of carbonyl (C=O) groups excluding carboxylic acids is 2. The van der Waals surface area contributed by atoms with Gasteiger partial charge in [0.1, 0.15) is 0 Å². The second-order valence-electron chi connectivity index (χ2n) is 3.51. The zero-order valence-corrected chi connectivity index (χ0v) is 11.1. The molecule has 0 saturated carbocycles.